The van der Waals surface area contributed by atoms with Gasteiger partial charge >= 0.3 is 0 Å². The first-order valence-electron chi connectivity index (χ1n) is 7.66. The van der Waals surface area contributed by atoms with Crippen molar-refractivity contribution in [2.24, 2.45) is 0 Å². The summed E-state index contributed by atoms with van der Waals surface area (Å²) < 4.78 is 13.0. The van der Waals surface area contributed by atoms with Crippen LogP contribution in [0.1, 0.15) is 16.6 Å². The number of carbonyl (C=O) groups excluding carboxylic acids is 2. The van der Waals surface area contributed by atoms with Gasteiger partial charge in [0.05, 0.1) is 15.6 Å². The smallest absolute Gasteiger partial charge is 0.265 e. The summed E-state index contributed by atoms with van der Waals surface area (Å²) in [7, 11) is 0. The highest BCUT2D eigenvalue weighted by Gasteiger charge is 2.12. The fourth-order valence-electron chi connectivity index (χ4n) is 2.31. The molecule has 3 rings (SSSR count). The van der Waals surface area contributed by atoms with E-state index in [0.29, 0.717) is 21.3 Å². The number of rotatable bonds is 4. The molecule has 2 aromatic carbocycles. The number of amides is 2. The van der Waals surface area contributed by atoms with Crippen molar-refractivity contribution in [2.75, 3.05) is 10.6 Å². The third kappa shape index (κ3) is 4.28. The molecule has 0 saturated heterocycles. The van der Waals surface area contributed by atoms with Crippen LogP contribution in [0.3, 0.4) is 0 Å². The molecule has 132 valence electrons. The lowest BCUT2D eigenvalue weighted by molar-refractivity contribution is -0.114. The van der Waals surface area contributed by atoms with E-state index >= 15 is 0 Å². The van der Waals surface area contributed by atoms with E-state index in [4.69, 9.17) is 11.6 Å². The lowest BCUT2D eigenvalue weighted by atomic mass is 10.2. The normalized spacial score (nSPS) is 10.4. The van der Waals surface area contributed by atoms with Crippen LogP contribution in [0.4, 0.5) is 15.8 Å². The van der Waals surface area contributed by atoms with Gasteiger partial charge < -0.3 is 10.6 Å². The molecule has 1 aromatic heterocycles. The third-order valence-corrected chi connectivity index (χ3v) is 4.94. The third-order valence-electron chi connectivity index (χ3n) is 3.50. The summed E-state index contributed by atoms with van der Waals surface area (Å²) in [5.74, 6) is -0.801. The standard InChI is InChI=1S/C19H14ClFN2O2S/c1-11(24)22-16-7-6-14(10-15(16)20)23-19(25)18-9-8-17(26-18)12-2-4-13(21)5-3-12/h2-10H,1H3,(H,22,24)(H,23,25). The molecule has 0 saturated carbocycles. The maximum atomic E-state index is 13.0. The van der Waals surface area contributed by atoms with Crippen LogP contribution in [0, 0.1) is 5.82 Å². The van der Waals surface area contributed by atoms with Gasteiger partial charge in [0.15, 0.2) is 0 Å². The first-order valence-corrected chi connectivity index (χ1v) is 8.86. The first kappa shape index (κ1) is 18.1. The molecule has 0 radical (unpaired) electrons. The summed E-state index contributed by atoms with van der Waals surface area (Å²) >= 11 is 7.42. The Kier molecular flexibility index (Phi) is 5.35. The zero-order chi connectivity index (χ0) is 18.7. The molecule has 2 amide bonds. The van der Waals surface area contributed by atoms with Crippen LogP contribution >= 0.6 is 22.9 Å². The Morgan fingerprint density at radius 2 is 1.73 bits per heavy atom. The lowest BCUT2D eigenvalue weighted by Gasteiger charge is -2.08. The largest absolute Gasteiger partial charge is 0.325 e. The van der Waals surface area contributed by atoms with E-state index in [0.717, 1.165) is 10.4 Å². The second-order valence-electron chi connectivity index (χ2n) is 5.50. The molecule has 3 aromatic rings. The van der Waals surface area contributed by atoms with Crippen molar-refractivity contribution < 1.29 is 14.0 Å². The number of halogens is 2. The summed E-state index contributed by atoms with van der Waals surface area (Å²) in [6.45, 7) is 1.39. The summed E-state index contributed by atoms with van der Waals surface area (Å²) in [4.78, 5) is 24.9. The Labute approximate surface area is 158 Å². The molecule has 0 fully saturated rings. The highest BCUT2D eigenvalue weighted by Crippen LogP contribution is 2.30. The number of carbonyl (C=O) groups is 2. The summed E-state index contributed by atoms with van der Waals surface area (Å²) in [5.41, 5.74) is 1.84. The minimum Gasteiger partial charge on any atom is -0.325 e. The summed E-state index contributed by atoms with van der Waals surface area (Å²) in [5, 5.41) is 5.70. The molecule has 0 aliphatic carbocycles. The Morgan fingerprint density at radius 3 is 2.38 bits per heavy atom. The van der Waals surface area contributed by atoms with E-state index < -0.39 is 0 Å². The Morgan fingerprint density at radius 1 is 1.00 bits per heavy atom. The Bertz CT molecular complexity index is 970. The summed E-state index contributed by atoms with van der Waals surface area (Å²) in [6, 6.07) is 14.5. The molecule has 0 aliphatic rings. The maximum Gasteiger partial charge on any atom is 0.265 e. The molecule has 0 atom stereocenters. The van der Waals surface area contributed by atoms with Crippen LogP contribution in [0.15, 0.2) is 54.6 Å². The van der Waals surface area contributed by atoms with E-state index in [-0.39, 0.29) is 17.6 Å². The maximum absolute atomic E-state index is 13.0. The predicted octanol–water partition coefficient (Wildman–Crippen LogP) is 5.42. The van der Waals surface area contributed by atoms with Crippen molar-refractivity contribution in [1.82, 2.24) is 0 Å². The van der Waals surface area contributed by atoms with Gasteiger partial charge in [-0.2, -0.15) is 0 Å². The van der Waals surface area contributed by atoms with Crippen LogP contribution in [-0.4, -0.2) is 11.8 Å². The number of benzene rings is 2. The van der Waals surface area contributed by atoms with Gasteiger partial charge in [-0.05, 0) is 48.0 Å². The topological polar surface area (TPSA) is 58.2 Å². The van der Waals surface area contributed by atoms with E-state index in [9.17, 15) is 14.0 Å². The molecule has 0 bridgehead atoms. The van der Waals surface area contributed by atoms with Crippen LogP contribution in [-0.2, 0) is 4.79 Å². The van der Waals surface area contributed by atoms with Crippen molar-refractivity contribution in [3.8, 4) is 10.4 Å². The van der Waals surface area contributed by atoms with Gasteiger partial charge in [0.2, 0.25) is 5.91 Å². The Balaban J connectivity index is 1.73. The van der Waals surface area contributed by atoms with E-state index in [1.54, 1.807) is 36.4 Å². The zero-order valence-electron chi connectivity index (χ0n) is 13.7. The van der Waals surface area contributed by atoms with E-state index in [1.165, 1.54) is 30.4 Å². The molecule has 4 nitrogen and oxygen atoms in total. The lowest BCUT2D eigenvalue weighted by Crippen LogP contribution is -2.11. The molecule has 1 heterocycles. The van der Waals surface area contributed by atoms with Gasteiger partial charge in [-0.25, -0.2) is 4.39 Å². The Hall–Kier alpha value is -2.70. The van der Waals surface area contributed by atoms with Crippen molar-refractivity contribution >= 4 is 46.1 Å². The molecule has 2 N–H and O–H groups in total. The molecule has 7 heteroatoms. The number of anilines is 2. The van der Waals surface area contributed by atoms with Crippen molar-refractivity contribution in [3.05, 3.63) is 70.3 Å². The minimum atomic E-state index is -0.303. The predicted molar refractivity (Wildman–Crippen MR) is 103 cm³/mol. The monoisotopic (exact) mass is 388 g/mol. The van der Waals surface area contributed by atoms with Gasteiger partial charge in [0, 0.05) is 17.5 Å². The average Bonchev–Trinajstić information content (AvgIpc) is 3.08. The van der Waals surface area contributed by atoms with Gasteiger partial charge in [-0.1, -0.05) is 23.7 Å². The molecule has 0 aliphatic heterocycles. The first-order chi connectivity index (χ1) is 12.4. The average molecular weight is 389 g/mol. The molecular formula is C19H14ClFN2O2S. The van der Waals surface area contributed by atoms with Crippen molar-refractivity contribution in [3.63, 3.8) is 0 Å². The van der Waals surface area contributed by atoms with Crippen molar-refractivity contribution in [1.29, 1.82) is 0 Å². The summed E-state index contributed by atoms with van der Waals surface area (Å²) in [6.07, 6.45) is 0. The second kappa shape index (κ2) is 7.68. The quantitative estimate of drug-likeness (QED) is 0.627. The van der Waals surface area contributed by atoms with Gasteiger partial charge in [-0.3, -0.25) is 9.59 Å². The van der Waals surface area contributed by atoms with Gasteiger partial charge in [-0.15, -0.1) is 11.3 Å². The zero-order valence-corrected chi connectivity index (χ0v) is 15.2. The molecule has 0 spiro atoms. The van der Waals surface area contributed by atoms with Crippen LogP contribution in [0.2, 0.25) is 5.02 Å². The number of hydrogen-bond acceptors (Lipinski definition) is 3. The molecule has 26 heavy (non-hydrogen) atoms. The van der Waals surface area contributed by atoms with Crippen LogP contribution in [0.25, 0.3) is 10.4 Å². The van der Waals surface area contributed by atoms with E-state index in [1.807, 2.05) is 6.07 Å². The number of thiophene rings is 1. The fourth-order valence-corrected chi connectivity index (χ4v) is 3.44. The van der Waals surface area contributed by atoms with Gasteiger partial charge in [0.25, 0.3) is 5.91 Å². The number of nitrogens with one attached hydrogen (secondary N) is 2. The number of hydrogen-bond donors (Lipinski definition) is 2. The van der Waals surface area contributed by atoms with Crippen LogP contribution < -0.4 is 10.6 Å². The van der Waals surface area contributed by atoms with Crippen molar-refractivity contribution in [2.45, 2.75) is 6.92 Å². The SMILES string of the molecule is CC(=O)Nc1ccc(NC(=O)c2ccc(-c3ccc(F)cc3)s2)cc1Cl. The minimum absolute atomic E-state index is 0.226. The van der Waals surface area contributed by atoms with E-state index in [2.05, 4.69) is 10.6 Å². The molecule has 0 unspecified atom stereocenters. The highest BCUT2D eigenvalue weighted by atomic mass is 35.5. The molecular weight excluding hydrogens is 375 g/mol. The highest BCUT2D eigenvalue weighted by molar-refractivity contribution is 7.17. The fraction of sp³-hybridized carbons (Fsp3) is 0.0526. The van der Waals surface area contributed by atoms with Crippen LogP contribution in [0.5, 0.6) is 0 Å². The van der Waals surface area contributed by atoms with Gasteiger partial charge in [0.1, 0.15) is 5.82 Å². The second-order valence-corrected chi connectivity index (χ2v) is 6.99.